The van der Waals surface area contributed by atoms with E-state index in [1.165, 1.54) is 5.56 Å². The van der Waals surface area contributed by atoms with Gasteiger partial charge < -0.3 is 4.74 Å². The quantitative estimate of drug-likeness (QED) is 0.477. The second kappa shape index (κ2) is 9.14. The SMILES string of the molecule is CCC(C)c1ccc(C(=O)COc2ccc(C(=O)c3ccccc3)cc2)cc1. The zero-order valence-electron chi connectivity index (χ0n) is 16.2. The third kappa shape index (κ3) is 4.74. The number of rotatable bonds is 8. The van der Waals surface area contributed by atoms with Gasteiger partial charge in [0.2, 0.25) is 0 Å². The molecule has 3 nitrogen and oxygen atoms in total. The third-order valence-corrected chi connectivity index (χ3v) is 4.94. The van der Waals surface area contributed by atoms with Crippen molar-refractivity contribution in [2.24, 2.45) is 0 Å². The minimum absolute atomic E-state index is 0.0331. The standard InChI is InChI=1S/C25H24O3/c1-3-18(2)19-9-11-20(12-10-19)24(26)17-28-23-15-13-22(14-16-23)25(27)21-7-5-4-6-8-21/h4-16,18H,3,17H2,1-2H3. The molecule has 0 saturated carbocycles. The van der Waals surface area contributed by atoms with Gasteiger partial charge in [0.1, 0.15) is 5.75 Å². The number of ketones is 2. The van der Waals surface area contributed by atoms with E-state index in [1.54, 1.807) is 36.4 Å². The molecule has 0 aromatic heterocycles. The highest BCUT2D eigenvalue weighted by molar-refractivity contribution is 6.09. The van der Waals surface area contributed by atoms with Crippen molar-refractivity contribution < 1.29 is 14.3 Å². The smallest absolute Gasteiger partial charge is 0.200 e. The number of carbonyl (C=O) groups excluding carboxylic acids is 2. The van der Waals surface area contributed by atoms with E-state index in [2.05, 4.69) is 13.8 Å². The topological polar surface area (TPSA) is 43.4 Å². The maximum Gasteiger partial charge on any atom is 0.200 e. The highest BCUT2D eigenvalue weighted by atomic mass is 16.5. The Morgan fingerprint density at radius 1 is 0.786 bits per heavy atom. The van der Waals surface area contributed by atoms with Gasteiger partial charge in [-0.05, 0) is 42.2 Å². The molecular formula is C25H24O3. The lowest BCUT2D eigenvalue weighted by atomic mass is 9.97. The molecule has 1 unspecified atom stereocenters. The first-order valence-electron chi connectivity index (χ1n) is 9.54. The zero-order chi connectivity index (χ0) is 19.9. The summed E-state index contributed by atoms with van der Waals surface area (Å²) in [5.41, 5.74) is 3.11. The van der Waals surface area contributed by atoms with E-state index in [1.807, 2.05) is 42.5 Å². The van der Waals surface area contributed by atoms with Crippen molar-refractivity contribution >= 4 is 11.6 Å². The molecule has 0 heterocycles. The van der Waals surface area contributed by atoms with Gasteiger partial charge in [0.05, 0.1) is 0 Å². The molecule has 0 N–H and O–H groups in total. The van der Waals surface area contributed by atoms with Crippen molar-refractivity contribution in [2.45, 2.75) is 26.2 Å². The number of Topliss-reactive ketones (excluding diaryl/α,β-unsaturated/α-hetero) is 1. The Morgan fingerprint density at radius 2 is 1.36 bits per heavy atom. The van der Waals surface area contributed by atoms with E-state index in [9.17, 15) is 9.59 Å². The first-order chi connectivity index (χ1) is 13.6. The van der Waals surface area contributed by atoms with Crippen molar-refractivity contribution in [2.75, 3.05) is 6.61 Å². The second-order valence-electron chi connectivity index (χ2n) is 6.86. The average Bonchev–Trinajstić information content (AvgIpc) is 2.77. The summed E-state index contributed by atoms with van der Waals surface area (Å²) in [5.74, 6) is 0.941. The van der Waals surface area contributed by atoms with Gasteiger partial charge in [0.15, 0.2) is 18.2 Å². The molecule has 3 aromatic carbocycles. The molecule has 0 amide bonds. The molecule has 28 heavy (non-hydrogen) atoms. The highest BCUT2D eigenvalue weighted by Crippen LogP contribution is 2.19. The summed E-state index contributed by atoms with van der Waals surface area (Å²) >= 11 is 0. The minimum atomic E-state index is -0.0693. The first-order valence-corrected chi connectivity index (χ1v) is 9.54. The highest BCUT2D eigenvalue weighted by Gasteiger charge is 2.11. The molecule has 142 valence electrons. The maximum absolute atomic E-state index is 12.4. The lowest BCUT2D eigenvalue weighted by Crippen LogP contribution is -2.12. The molecule has 0 fully saturated rings. The molecule has 1 atom stereocenters. The molecule has 0 spiro atoms. The maximum atomic E-state index is 12.4. The molecule has 0 bridgehead atoms. The summed E-state index contributed by atoms with van der Waals surface area (Å²) in [4.78, 5) is 24.8. The predicted octanol–water partition coefficient (Wildman–Crippen LogP) is 5.69. The average molecular weight is 372 g/mol. The Morgan fingerprint density at radius 3 is 1.96 bits per heavy atom. The molecule has 3 heteroatoms. The second-order valence-corrected chi connectivity index (χ2v) is 6.86. The van der Waals surface area contributed by atoms with Crippen LogP contribution in [0.3, 0.4) is 0 Å². The van der Waals surface area contributed by atoms with Crippen LogP contribution in [0, 0.1) is 0 Å². The van der Waals surface area contributed by atoms with Crippen LogP contribution in [-0.4, -0.2) is 18.2 Å². The van der Waals surface area contributed by atoms with E-state index in [0.29, 0.717) is 28.4 Å². The fraction of sp³-hybridized carbons (Fsp3) is 0.200. The summed E-state index contributed by atoms with van der Waals surface area (Å²) in [6.07, 6.45) is 1.07. The van der Waals surface area contributed by atoms with Crippen molar-refractivity contribution in [1.82, 2.24) is 0 Å². The van der Waals surface area contributed by atoms with Gasteiger partial charge in [-0.3, -0.25) is 9.59 Å². The Hall–Kier alpha value is -3.20. The van der Waals surface area contributed by atoms with Crippen molar-refractivity contribution in [1.29, 1.82) is 0 Å². The normalized spacial score (nSPS) is 11.6. The van der Waals surface area contributed by atoms with Gasteiger partial charge in [0.25, 0.3) is 0 Å². The van der Waals surface area contributed by atoms with Crippen LogP contribution in [-0.2, 0) is 0 Å². The minimum Gasteiger partial charge on any atom is -0.485 e. The fourth-order valence-corrected chi connectivity index (χ4v) is 2.92. The molecule has 0 saturated heterocycles. The first kappa shape index (κ1) is 19.6. The van der Waals surface area contributed by atoms with Crippen LogP contribution in [0.25, 0.3) is 0 Å². The van der Waals surface area contributed by atoms with Gasteiger partial charge in [-0.2, -0.15) is 0 Å². The summed E-state index contributed by atoms with van der Waals surface area (Å²) in [7, 11) is 0. The van der Waals surface area contributed by atoms with Gasteiger partial charge in [0, 0.05) is 16.7 Å². The van der Waals surface area contributed by atoms with Gasteiger partial charge in [-0.15, -0.1) is 0 Å². The number of ether oxygens (including phenoxy) is 1. The van der Waals surface area contributed by atoms with Crippen molar-refractivity contribution in [3.63, 3.8) is 0 Å². The van der Waals surface area contributed by atoms with Gasteiger partial charge in [-0.25, -0.2) is 0 Å². The van der Waals surface area contributed by atoms with E-state index in [4.69, 9.17) is 4.74 Å². The van der Waals surface area contributed by atoms with Crippen LogP contribution in [0.4, 0.5) is 0 Å². The monoisotopic (exact) mass is 372 g/mol. The Kier molecular flexibility index (Phi) is 6.38. The summed E-state index contributed by atoms with van der Waals surface area (Å²) < 4.78 is 5.60. The van der Waals surface area contributed by atoms with E-state index in [0.717, 1.165) is 6.42 Å². The molecule has 0 radical (unpaired) electrons. The van der Waals surface area contributed by atoms with Crippen LogP contribution in [0.15, 0.2) is 78.9 Å². The lowest BCUT2D eigenvalue weighted by Gasteiger charge is -2.10. The van der Waals surface area contributed by atoms with Crippen LogP contribution < -0.4 is 4.74 Å². The molecule has 3 aromatic rings. The summed E-state index contributed by atoms with van der Waals surface area (Å²) in [6, 6.07) is 23.7. The van der Waals surface area contributed by atoms with Crippen LogP contribution in [0.2, 0.25) is 0 Å². The zero-order valence-corrected chi connectivity index (χ0v) is 16.2. The summed E-state index contributed by atoms with van der Waals surface area (Å²) in [6.45, 7) is 4.29. The molecule has 0 aliphatic carbocycles. The van der Waals surface area contributed by atoms with E-state index in [-0.39, 0.29) is 18.2 Å². The number of benzene rings is 3. The molecule has 3 rings (SSSR count). The molecular weight excluding hydrogens is 348 g/mol. The Bertz CT molecular complexity index is 926. The molecule has 0 aliphatic rings. The molecule has 0 aliphatic heterocycles. The fourth-order valence-electron chi connectivity index (χ4n) is 2.92. The third-order valence-electron chi connectivity index (χ3n) is 4.94. The summed E-state index contributed by atoms with van der Waals surface area (Å²) in [5, 5.41) is 0. The largest absolute Gasteiger partial charge is 0.485 e. The van der Waals surface area contributed by atoms with E-state index < -0.39 is 0 Å². The van der Waals surface area contributed by atoms with Crippen LogP contribution in [0.1, 0.15) is 58.0 Å². The lowest BCUT2D eigenvalue weighted by molar-refractivity contribution is 0.0920. The number of hydrogen-bond acceptors (Lipinski definition) is 3. The Balaban J connectivity index is 1.59. The van der Waals surface area contributed by atoms with Crippen molar-refractivity contribution in [3.8, 4) is 5.75 Å². The predicted molar refractivity (Wildman–Crippen MR) is 111 cm³/mol. The number of carbonyl (C=O) groups is 2. The van der Waals surface area contributed by atoms with Crippen LogP contribution >= 0.6 is 0 Å². The van der Waals surface area contributed by atoms with Gasteiger partial charge in [-0.1, -0.05) is 68.4 Å². The van der Waals surface area contributed by atoms with Crippen molar-refractivity contribution in [3.05, 3.63) is 101 Å². The van der Waals surface area contributed by atoms with Gasteiger partial charge >= 0.3 is 0 Å². The van der Waals surface area contributed by atoms with Crippen LogP contribution in [0.5, 0.6) is 5.75 Å². The van der Waals surface area contributed by atoms with E-state index >= 15 is 0 Å². The number of hydrogen-bond donors (Lipinski definition) is 0. The Labute approximate surface area is 166 Å².